The molecular formula is C22H25ClN4O3. The number of pyridine rings is 1. The number of likely N-dealkylation sites (N-methyl/N-ethyl adjacent to an activating group) is 1. The van der Waals surface area contributed by atoms with E-state index >= 15 is 0 Å². The van der Waals surface area contributed by atoms with Crippen molar-refractivity contribution in [3.8, 4) is 0 Å². The third kappa shape index (κ3) is 3.62. The van der Waals surface area contributed by atoms with Gasteiger partial charge >= 0.3 is 0 Å². The van der Waals surface area contributed by atoms with E-state index in [0.29, 0.717) is 37.0 Å². The smallest absolute Gasteiger partial charge is 0.236 e. The van der Waals surface area contributed by atoms with Crippen molar-refractivity contribution in [2.45, 2.75) is 13.5 Å². The van der Waals surface area contributed by atoms with Gasteiger partial charge in [-0.05, 0) is 30.7 Å². The van der Waals surface area contributed by atoms with Crippen molar-refractivity contribution in [2.75, 3.05) is 57.4 Å². The number of piperazine rings is 1. The average Bonchev–Trinajstić information content (AvgIpc) is 3.12. The number of furan rings is 1. The Labute approximate surface area is 180 Å². The van der Waals surface area contributed by atoms with Crippen molar-refractivity contribution in [3.05, 3.63) is 35.0 Å². The molecular weight excluding hydrogens is 404 g/mol. The highest BCUT2D eigenvalue weighted by Crippen LogP contribution is 2.37. The summed E-state index contributed by atoms with van der Waals surface area (Å²) in [6.45, 7) is 8.59. The minimum absolute atomic E-state index is 0.188. The summed E-state index contributed by atoms with van der Waals surface area (Å²) in [5.41, 5.74) is 3.47. The highest BCUT2D eigenvalue weighted by Gasteiger charge is 2.23. The molecule has 8 heteroatoms. The molecule has 0 radical (unpaired) electrons. The summed E-state index contributed by atoms with van der Waals surface area (Å²) < 4.78 is 11.6. The van der Waals surface area contributed by atoms with Crippen molar-refractivity contribution in [1.29, 1.82) is 0 Å². The summed E-state index contributed by atoms with van der Waals surface area (Å²) in [4.78, 5) is 23.1. The summed E-state index contributed by atoms with van der Waals surface area (Å²) in [7, 11) is 0. The van der Waals surface area contributed by atoms with Crippen LogP contribution in [0.2, 0.25) is 5.02 Å². The molecule has 0 saturated carbocycles. The molecule has 0 unspecified atom stereocenters. The van der Waals surface area contributed by atoms with E-state index in [1.165, 1.54) is 0 Å². The number of nitrogens with zero attached hydrogens (tertiary/aromatic N) is 4. The molecule has 4 heterocycles. The molecule has 0 bridgehead atoms. The van der Waals surface area contributed by atoms with E-state index in [0.717, 1.165) is 60.3 Å². The maximum atomic E-state index is 12.2. The summed E-state index contributed by atoms with van der Waals surface area (Å²) in [5, 5.41) is 2.61. The molecule has 3 aromatic rings. The number of hydrogen-bond donors (Lipinski definition) is 0. The van der Waals surface area contributed by atoms with Crippen molar-refractivity contribution < 1.29 is 13.9 Å². The molecule has 2 fully saturated rings. The third-order valence-corrected chi connectivity index (χ3v) is 6.19. The number of aromatic nitrogens is 1. The minimum Gasteiger partial charge on any atom is -0.436 e. The molecule has 1 aromatic carbocycles. The predicted octanol–water partition coefficient (Wildman–Crippen LogP) is 3.14. The van der Waals surface area contributed by atoms with E-state index in [1.807, 2.05) is 30.2 Å². The molecule has 5 rings (SSSR count). The number of fused-ring (bicyclic) bond motifs is 3. The molecule has 7 nitrogen and oxygen atoms in total. The number of carbonyl (C=O) groups is 1. The normalized spacial score (nSPS) is 18.7. The van der Waals surface area contributed by atoms with E-state index < -0.39 is 0 Å². The van der Waals surface area contributed by atoms with Gasteiger partial charge in [-0.2, -0.15) is 0 Å². The maximum absolute atomic E-state index is 12.2. The summed E-state index contributed by atoms with van der Waals surface area (Å²) in [5.74, 6) is 0.188. The highest BCUT2D eigenvalue weighted by atomic mass is 35.5. The number of halogens is 1. The van der Waals surface area contributed by atoms with E-state index in [-0.39, 0.29) is 5.91 Å². The number of morpholine rings is 1. The molecule has 2 aliphatic heterocycles. The van der Waals surface area contributed by atoms with Crippen molar-refractivity contribution >= 4 is 45.3 Å². The average molecular weight is 429 g/mol. The molecule has 2 aromatic heterocycles. The monoisotopic (exact) mass is 428 g/mol. The lowest BCUT2D eigenvalue weighted by molar-refractivity contribution is -0.135. The Bertz CT molecular complexity index is 1090. The Hall–Kier alpha value is -2.35. The molecule has 0 N–H and O–H groups in total. The number of carbonyl (C=O) groups excluding carboxylic acids is 1. The molecule has 2 saturated heterocycles. The number of rotatable bonds is 4. The molecule has 2 aliphatic rings. The largest absolute Gasteiger partial charge is 0.436 e. The van der Waals surface area contributed by atoms with Gasteiger partial charge in [-0.15, -0.1) is 0 Å². The summed E-state index contributed by atoms with van der Waals surface area (Å²) in [6, 6.07) is 6.02. The first-order chi connectivity index (χ1) is 14.6. The molecule has 0 atom stereocenters. The Morgan fingerprint density at radius 3 is 2.70 bits per heavy atom. The van der Waals surface area contributed by atoms with Crippen LogP contribution in [0.15, 0.2) is 28.8 Å². The fourth-order valence-electron chi connectivity index (χ4n) is 4.36. The summed E-state index contributed by atoms with van der Waals surface area (Å²) >= 11 is 6.47. The lowest BCUT2D eigenvalue weighted by Crippen LogP contribution is -2.49. The van der Waals surface area contributed by atoms with E-state index in [1.54, 1.807) is 0 Å². The number of ether oxygens (including phenoxy) is 1. The van der Waals surface area contributed by atoms with Gasteiger partial charge in [0.1, 0.15) is 0 Å². The predicted molar refractivity (Wildman–Crippen MR) is 117 cm³/mol. The quantitative estimate of drug-likeness (QED) is 0.636. The van der Waals surface area contributed by atoms with Crippen LogP contribution in [0.4, 0.5) is 5.69 Å². The molecule has 0 spiro atoms. The number of benzene rings is 1. The third-order valence-electron chi connectivity index (χ3n) is 5.97. The Kier molecular flexibility index (Phi) is 5.26. The number of hydrogen-bond acceptors (Lipinski definition) is 6. The Morgan fingerprint density at radius 2 is 1.93 bits per heavy atom. The van der Waals surface area contributed by atoms with Gasteiger partial charge in [-0.25, -0.2) is 4.98 Å². The molecule has 1 amide bonds. The highest BCUT2D eigenvalue weighted by molar-refractivity contribution is 6.32. The lowest BCUT2D eigenvalue weighted by atomic mass is 10.1. The van der Waals surface area contributed by atoms with E-state index in [9.17, 15) is 4.79 Å². The van der Waals surface area contributed by atoms with Crippen LogP contribution < -0.4 is 4.90 Å². The van der Waals surface area contributed by atoms with Gasteiger partial charge in [0.2, 0.25) is 11.6 Å². The zero-order valence-electron chi connectivity index (χ0n) is 17.1. The van der Waals surface area contributed by atoms with Crippen LogP contribution in [0.1, 0.15) is 12.5 Å². The second-order valence-electron chi connectivity index (χ2n) is 7.88. The van der Waals surface area contributed by atoms with Gasteiger partial charge in [0.15, 0.2) is 5.58 Å². The second kappa shape index (κ2) is 8.06. The van der Waals surface area contributed by atoms with Crippen molar-refractivity contribution in [2.24, 2.45) is 0 Å². The van der Waals surface area contributed by atoms with Crippen LogP contribution in [0.25, 0.3) is 22.1 Å². The fraction of sp³-hybridized carbons (Fsp3) is 0.455. The van der Waals surface area contributed by atoms with E-state index in [2.05, 4.69) is 20.9 Å². The Morgan fingerprint density at radius 1 is 1.10 bits per heavy atom. The van der Waals surface area contributed by atoms with Gasteiger partial charge in [-0.1, -0.05) is 11.6 Å². The number of amides is 1. The van der Waals surface area contributed by atoms with Gasteiger partial charge in [0.05, 0.1) is 25.4 Å². The van der Waals surface area contributed by atoms with Crippen LogP contribution >= 0.6 is 11.6 Å². The van der Waals surface area contributed by atoms with Gasteiger partial charge < -0.3 is 19.0 Å². The topological polar surface area (TPSA) is 62.1 Å². The first-order valence-electron chi connectivity index (χ1n) is 10.5. The lowest BCUT2D eigenvalue weighted by Gasteiger charge is -2.33. The van der Waals surface area contributed by atoms with Gasteiger partial charge in [0, 0.05) is 61.3 Å². The standard InChI is InChI=1S/C22H25ClN4O3/c1-2-26-4-3-25(14-20(26)28)13-15-9-18-17-10-16(23)11-19(27-5-7-29-8-6-27)21(17)30-22(18)24-12-15/h9-12H,2-8,13-14H2,1H3. The maximum Gasteiger partial charge on any atom is 0.236 e. The SMILES string of the molecule is CCN1CCN(Cc2cnc3oc4c(N5CCOCC5)cc(Cl)cc4c3c2)CC1=O. The number of anilines is 1. The van der Waals surface area contributed by atoms with Crippen LogP contribution in [-0.2, 0) is 16.1 Å². The molecule has 30 heavy (non-hydrogen) atoms. The zero-order valence-corrected chi connectivity index (χ0v) is 17.8. The Balaban J connectivity index is 1.47. The fourth-order valence-corrected chi connectivity index (χ4v) is 4.58. The van der Waals surface area contributed by atoms with Gasteiger partial charge in [0.25, 0.3) is 0 Å². The van der Waals surface area contributed by atoms with Crippen molar-refractivity contribution in [1.82, 2.24) is 14.8 Å². The first-order valence-corrected chi connectivity index (χ1v) is 10.8. The first kappa shape index (κ1) is 19.6. The van der Waals surface area contributed by atoms with Crippen LogP contribution in [0.3, 0.4) is 0 Å². The minimum atomic E-state index is 0.188. The van der Waals surface area contributed by atoms with Crippen LogP contribution in [-0.4, -0.2) is 73.2 Å². The van der Waals surface area contributed by atoms with Gasteiger partial charge in [-0.3, -0.25) is 9.69 Å². The zero-order chi connectivity index (χ0) is 20.7. The van der Waals surface area contributed by atoms with Crippen LogP contribution in [0.5, 0.6) is 0 Å². The summed E-state index contributed by atoms with van der Waals surface area (Å²) in [6.07, 6.45) is 1.84. The van der Waals surface area contributed by atoms with Crippen molar-refractivity contribution in [3.63, 3.8) is 0 Å². The molecule has 158 valence electrons. The molecule has 0 aliphatic carbocycles. The van der Waals surface area contributed by atoms with E-state index in [4.69, 9.17) is 20.8 Å². The van der Waals surface area contributed by atoms with Crippen LogP contribution in [0, 0.1) is 0 Å². The second-order valence-corrected chi connectivity index (χ2v) is 8.32.